The van der Waals surface area contributed by atoms with Gasteiger partial charge < -0.3 is 4.74 Å². The van der Waals surface area contributed by atoms with Crippen LogP contribution in [0.15, 0.2) is 22.8 Å². The monoisotopic (exact) mass is 246 g/mol. The number of carbonyl (C=O) groups is 2. The van der Waals surface area contributed by atoms with Gasteiger partial charge in [-0.3, -0.25) is 9.59 Å². The third-order valence-corrected chi connectivity index (χ3v) is 4.76. The Hall–Kier alpha value is -1.38. The van der Waals surface area contributed by atoms with E-state index in [4.69, 9.17) is 4.74 Å². The van der Waals surface area contributed by atoms with Crippen molar-refractivity contribution in [2.75, 3.05) is 0 Å². The second-order valence-corrected chi connectivity index (χ2v) is 5.82. The molecule has 1 heterocycles. The highest BCUT2D eigenvalue weighted by Crippen LogP contribution is 2.47. The molecule has 4 atom stereocenters. The SMILES string of the molecule is CC1=CC(=O)C2=C(C)CC[C@H]3[C@@H](OC(=O)[C@@H]3C)[C@H]12. The van der Waals surface area contributed by atoms with Gasteiger partial charge in [0.25, 0.3) is 0 Å². The Bertz CT molecular complexity index is 498. The number of fused-ring (bicyclic) bond motifs is 3. The molecule has 3 heteroatoms. The largest absolute Gasteiger partial charge is 0.461 e. The van der Waals surface area contributed by atoms with Crippen molar-refractivity contribution < 1.29 is 14.3 Å². The van der Waals surface area contributed by atoms with Crippen molar-refractivity contribution in [2.24, 2.45) is 17.8 Å². The third kappa shape index (κ3) is 1.43. The minimum absolute atomic E-state index is 0.0129. The van der Waals surface area contributed by atoms with Crippen LogP contribution in [0.5, 0.6) is 0 Å². The lowest BCUT2D eigenvalue weighted by Crippen LogP contribution is -2.28. The number of hydrogen-bond donors (Lipinski definition) is 0. The van der Waals surface area contributed by atoms with E-state index < -0.39 is 0 Å². The Morgan fingerprint density at radius 1 is 1.28 bits per heavy atom. The average Bonchev–Trinajstić information content (AvgIpc) is 2.68. The molecule has 96 valence electrons. The van der Waals surface area contributed by atoms with E-state index in [1.54, 1.807) is 6.08 Å². The van der Waals surface area contributed by atoms with Crippen molar-refractivity contribution >= 4 is 11.8 Å². The van der Waals surface area contributed by atoms with E-state index in [1.807, 2.05) is 20.8 Å². The van der Waals surface area contributed by atoms with E-state index in [9.17, 15) is 9.59 Å². The summed E-state index contributed by atoms with van der Waals surface area (Å²) in [6.45, 7) is 5.96. The molecule has 0 saturated carbocycles. The normalized spacial score (nSPS) is 39.2. The van der Waals surface area contributed by atoms with Gasteiger partial charge in [0.15, 0.2) is 5.78 Å². The topological polar surface area (TPSA) is 43.4 Å². The molecule has 3 rings (SSSR count). The number of rotatable bonds is 0. The first-order chi connectivity index (χ1) is 8.50. The predicted molar refractivity (Wildman–Crippen MR) is 66.7 cm³/mol. The summed E-state index contributed by atoms with van der Waals surface area (Å²) in [6.07, 6.45) is 3.44. The van der Waals surface area contributed by atoms with Gasteiger partial charge in [0.1, 0.15) is 6.10 Å². The van der Waals surface area contributed by atoms with Gasteiger partial charge in [0.05, 0.1) is 5.92 Å². The van der Waals surface area contributed by atoms with E-state index in [0.29, 0.717) is 0 Å². The van der Waals surface area contributed by atoms with Crippen molar-refractivity contribution in [3.8, 4) is 0 Å². The number of esters is 1. The van der Waals surface area contributed by atoms with Crippen LogP contribution in [-0.2, 0) is 14.3 Å². The maximum atomic E-state index is 12.1. The fourth-order valence-electron chi connectivity index (χ4n) is 3.69. The highest BCUT2D eigenvalue weighted by Gasteiger charge is 2.50. The molecule has 0 aromatic carbocycles. The molecule has 0 unspecified atom stereocenters. The first-order valence-electron chi connectivity index (χ1n) is 6.63. The molecule has 3 aliphatic rings. The maximum absolute atomic E-state index is 12.1. The summed E-state index contributed by atoms with van der Waals surface area (Å²) in [6, 6.07) is 0. The Kier molecular flexibility index (Phi) is 2.47. The molecule has 0 radical (unpaired) electrons. The molecule has 2 aliphatic carbocycles. The van der Waals surface area contributed by atoms with Crippen molar-refractivity contribution in [3.05, 3.63) is 22.8 Å². The van der Waals surface area contributed by atoms with E-state index in [2.05, 4.69) is 0 Å². The molecule has 0 aromatic heterocycles. The van der Waals surface area contributed by atoms with Crippen LogP contribution in [0.1, 0.15) is 33.6 Å². The lowest BCUT2D eigenvalue weighted by atomic mass is 9.81. The highest BCUT2D eigenvalue weighted by molar-refractivity contribution is 6.09. The average molecular weight is 246 g/mol. The van der Waals surface area contributed by atoms with Crippen molar-refractivity contribution in [2.45, 2.75) is 39.7 Å². The van der Waals surface area contributed by atoms with E-state index in [-0.39, 0.29) is 35.6 Å². The smallest absolute Gasteiger partial charge is 0.309 e. The van der Waals surface area contributed by atoms with Gasteiger partial charge >= 0.3 is 5.97 Å². The van der Waals surface area contributed by atoms with Crippen LogP contribution in [0.4, 0.5) is 0 Å². The summed E-state index contributed by atoms with van der Waals surface area (Å²) in [5, 5.41) is 0. The zero-order valence-corrected chi connectivity index (χ0v) is 11.0. The number of ether oxygens (including phenoxy) is 1. The van der Waals surface area contributed by atoms with Crippen LogP contribution in [0.2, 0.25) is 0 Å². The minimum atomic E-state index is -0.123. The van der Waals surface area contributed by atoms with Gasteiger partial charge in [-0.25, -0.2) is 0 Å². The van der Waals surface area contributed by atoms with Crippen LogP contribution in [0.25, 0.3) is 0 Å². The number of ketones is 1. The number of allylic oxidation sites excluding steroid dienone is 2. The summed E-state index contributed by atoms with van der Waals surface area (Å²) >= 11 is 0. The number of carbonyl (C=O) groups excluding carboxylic acids is 2. The van der Waals surface area contributed by atoms with Gasteiger partial charge in [0, 0.05) is 17.4 Å². The van der Waals surface area contributed by atoms with E-state index in [0.717, 1.165) is 24.0 Å². The second kappa shape index (κ2) is 3.81. The van der Waals surface area contributed by atoms with Gasteiger partial charge in [0.2, 0.25) is 0 Å². The van der Waals surface area contributed by atoms with E-state index in [1.165, 1.54) is 5.57 Å². The first-order valence-corrected chi connectivity index (χ1v) is 6.63. The summed E-state index contributed by atoms with van der Waals surface area (Å²) in [7, 11) is 0. The quantitative estimate of drug-likeness (QED) is 0.616. The van der Waals surface area contributed by atoms with Crippen LogP contribution in [0.3, 0.4) is 0 Å². The predicted octanol–water partition coefficient (Wildman–Crippen LogP) is 2.42. The molecular formula is C15H18O3. The highest BCUT2D eigenvalue weighted by atomic mass is 16.6. The molecular weight excluding hydrogens is 228 g/mol. The fourth-order valence-corrected chi connectivity index (χ4v) is 3.69. The van der Waals surface area contributed by atoms with Crippen molar-refractivity contribution in [3.63, 3.8) is 0 Å². The molecule has 0 aromatic rings. The van der Waals surface area contributed by atoms with Gasteiger partial charge in [-0.05, 0) is 32.8 Å². The first kappa shape index (κ1) is 11.7. The standard InChI is InChI=1S/C15H18O3/c1-7-4-5-10-9(3)15(17)18-14(10)13-8(2)6-11(16)12(7)13/h6,9-10,13-14H,4-5H2,1-3H3/t9-,10-,13-,14-/m1/s1. The number of hydrogen-bond acceptors (Lipinski definition) is 3. The summed E-state index contributed by atoms with van der Waals surface area (Å²) in [5.41, 5.74) is 3.12. The van der Waals surface area contributed by atoms with Crippen molar-refractivity contribution in [1.29, 1.82) is 0 Å². The molecule has 0 bridgehead atoms. The third-order valence-electron chi connectivity index (χ3n) is 4.76. The lowest BCUT2D eigenvalue weighted by Gasteiger charge is -2.24. The van der Waals surface area contributed by atoms with Crippen LogP contribution >= 0.6 is 0 Å². The fraction of sp³-hybridized carbons (Fsp3) is 0.600. The summed E-state index contributed by atoms with van der Waals surface area (Å²) in [5.74, 6) is 0.246. The van der Waals surface area contributed by atoms with Crippen LogP contribution in [-0.4, -0.2) is 17.9 Å². The lowest BCUT2D eigenvalue weighted by molar-refractivity contribution is -0.144. The van der Waals surface area contributed by atoms with Gasteiger partial charge in [-0.2, -0.15) is 0 Å². The van der Waals surface area contributed by atoms with Gasteiger partial charge in [-0.1, -0.05) is 18.1 Å². The molecule has 1 fully saturated rings. The van der Waals surface area contributed by atoms with E-state index >= 15 is 0 Å². The zero-order valence-electron chi connectivity index (χ0n) is 11.0. The van der Waals surface area contributed by atoms with Crippen LogP contribution < -0.4 is 0 Å². The zero-order chi connectivity index (χ0) is 13.0. The minimum Gasteiger partial charge on any atom is -0.461 e. The molecule has 0 N–H and O–H groups in total. The molecule has 18 heavy (non-hydrogen) atoms. The maximum Gasteiger partial charge on any atom is 0.309 e. The Balaban J connectivity index is 2.07. The Morgan fingerprint density at radius 2 is 2.00 bits per heavy atom. The molecule has 0 amide bonds. The molecule has 1 saturated heterocycles. The summed E-state index contributed by atoms with van der Waals surface area (Å²) < 4.78 is 5.57. The second-order valence-electron chi connectivity index (χ2n) is 5.82. The molecule has 0 spiro atoms. The molecule has 1 aliphatic heterocycles. The Labute approximate surface area is 107 Å². The summed E-state index contributed by atoms with van der Waals surface area (Å²) in [4.78, 5) is 23.8. The van der Waals surface area contributed by atoms with Crippen molar-refractivity contribution in [1.82, 2.24) is 0 Å². The molecule has 3 nitrogen and oxygen atoms in total. The Morgan fingerprint density at radius 3 is 2.72 bits per heavy atom. The van der Waals surface area contributed by atoms with Crippen LogP contribution in [0, 0.1) is 17.8 Å². The van der Waals surface area contributed by atoms with Gasteiger partial charge in [-0.15, -0.1) is 0 Å².